The maximum absolute atomic E-state index is 11.7. The van der Waals surface area contributed by atoms with Crippen LogP contribution in [-0.4, -0.2) is 30.3 Å². The van der Waals surface area contributed by atoms with E-state index in [0.29, 0.717) is 19.0 Å². The number of urea groups is 1. The highest BCUT2D eigenvalue weighted by Gasteiger charge is 2.25. The van der Waals surface area contributed by atoms with E-state index in [0.717, 1.165) is 19.3 Å². The van der Waals surface area contributed by atoms with Gasteiger partial charge in [0.15, 0.2) is 0 Å². The highest BCUT2D eigenvalue weighted by Crippen LogP contribution is 2.24. The second-order valence-corrected chi connectivity index (χ2v) is 6.24. The molecule has 1 aliphatic carbocycles. The predicted molar refractivity (Wildman–Crippen MR) is 77.5 cm³/mol. The molecule has 0 saturated heterocycles. The zero-order chi connectivity index (χ0) is 13.7. The fraction of sp³-hybridized carbons (Fsp3) is 0.643. The summed E-state index contributed by atoms with van der Waals surface area (Å²) in [5.74, 6) is 0.559. The molecule has 0 bridgehead atoms. The average Bonchev–Trinajstić information content (AvgIpc) is 3.05. The van der Waals surface area contributed by atoms with E-state index in [2.05, 4.69) is 23.6 Å². The molecule has 3 N–H and O–H groups in total. The van der Waals surface area contributed by atoms with E-state index < -0.39 is 0 Å². The van der Waals surface area contributed by atoms with Crippen LogP contribution in [0.4, 0.5) is 4.79 Å². The Kier molecular flexibility index (Phi) is 5.22. The summed E-state index contributed by atoms with van der Waals surface area (Å²) >= 11 is 1.71. The number of carbonyl (C=O) groups excluding carboxylic acids is 1. The maximum Gasteiger partial charge on any atom is 0.314 e. The lowest BCUT2D eigenvalue weighted by atomic mass is 10.1. The standard InChI is InChI=1S/C14H22N2O2S/c1-10(13-6-3-7-19-13)8-15-14(18)16-9-11-4-2-5-12(11)17/h3,6-7,10-12,17H,2,4-5,8-9H2,1H3,(H2,15,16,18)/t10-,11+,12+/m1/s1. The fourth-order valence-corrected chi connectivity index (χ4v) is 3.25. The van der Waals surface area contributed by atoms with Gasteiger partial charge in [-0.2, -0.15) is 0 Å². The van der Waals surface area contributed by atoms with E-state index in [1.165, 1.54) is 4.88 Å². The van der Waals surface area contributed by atoms with Gasteiger partial charge in [0, 0.05) is 29.8 Å². The molecular weight excluding hydrogens is 260 g/mol. The minimum absolute atomic E-state index is 0.137. The molecule has 0 spiro atoms. The van der Waals surface area contributed by atoms with Crippen molar-refractivity contribution in [3.05, 3.63) is 22.4 Å². The molecule has 0 unspecified atom stereocenters. The number of hydrogen-bond donors (Lipinski definition) is 3. The quantitative estimate of drug-likeness (QED) is 0.776. The molecule has 0 aromatic carbocycles. The first kappa shape index (κ1) is 14.3. The van der Waals surface area contributed by atoms with Crippen LogP contribution in [0.2, 0.25) is 0 Å². The summed E-state index contributed by atoms with van der Waals surface area (Å²) in [5.41, 5.74) is 0. The zero-order valence-corrected chi connectivity index (χ0v) is 12.1. The molecule has 106 valence electrons. The van der Waals surface area contributed by atoms with Crippen molar-refractivity contribution in [1.29, 1.82) is 0 Å². The van der Waals surface area contributed by atoms with Crippen LogP contribution in [-0.2, 0) is 0 Å². The van der Waals surface area contributed by atoms with Crippen molar-refractivity contribution in [1.82, 2.24) is 10.6 Å². The first-order valence-electron chi connectivity index (χ1n) is 6.90. The molecular formula is C14H22N2O2S. The lowest BCUT2D eigenvalue weighted by Crippen LogP contribution is -2.40. The van der Waals surface area contributed by atoms with Crippen molar-refractivity contribution >= 4 is 17.4 Å². The van der Waals surface area contributed by atoms with Crippen LogP contribution in [0.5, 0.6) is 0 Å². The molecule has 2 amide bonds. The third kappa shape index (κ3) is 4.21. The van der Waals surface area contributed by atoms with Crippen molar-refractivity contribution in [3.63, 3.8) is 0 Å². The topological polar surface area (TPSA) is 61.4 Å². The average molecular weight is 282 g/mol. The summed E-state index contributed by atoms with van der Waals surface area (Å²) in [7, 11) is 0. The van der Waals surface area contributed by atoms with Gasteiger partial charge in [0.25, 0.3) is 0 Å². The highest BCUT2D eigenvalue weighted by atomic mass is 32.1. The van der Waals surface area contributed by atoms with E-state index in [4.69, 9.17) is 0 Å². The van der Waals surface area contributed by atoms with E-state index in [1.54, 1.807) is 11.3 Å². The Balaban J connectivity index is 1.64. The second kappa shape index (κ2) is 6.91. The molecule has 1 aliphatic rings. The molecule has 0 aliphatic heterocycles. The first-order valence-corrected chi connectivity index (χ1v) is 7.78. The Morgan fingerprint density at radius 2 is 2.37 bits per heavy atom. The minimum Gasteiger partial charge on any atom is -0.393 e. The van der Waals surface area contributed by atoms with Crippen molar-refractivity contribution in [2.45, 2.75) is 38.2 Å². The van der Waals surface area contributed by atoms with Crippen LogP contribution in [0.25, 0.3) is 0 Å². The molecule has 1 fully saturated rings. The number of thiophene rings is 1. The normalized spacial score (nSPS) is 24.1. The molecule has 4 nitrogen and oxygen atoms in total. The third-order valence-electron chi connectivity index (χ3n) is 3.74. The van der Waals surface area contributed by atoms with Gasteiger partial charge in [-0.15, -0.1) is 11.3 Å². The lowest BCUT2D eigenvalue weighted by Gasteiger charge is -2.16. The van der Waals surface area contributed by atoms with Crippen molar-refractivity contribution < 1.29 is 9.90 Å². The molecule has 1 aromatic rings. The highest BCUT2D eigenvalue weighted by molar-refractivity contribution is 7.10. The van der Waals surface area contributed by atoms with Crippen LogP contribution in [0, 0.1) is 5.92 Å². The number of aliphatic hydroxyl groups excluding tert-OH is 1. The Bertz CT molecular complexity index is 394. The van der Waals surface area contributed by atoms with Gasteiger partial charge in [-0.25, -0.2) is 4.79 Å². The van der Waals surface area contributed by atoms with Gasteiger partial charge in [-0.3, -0.25) is 0 Å². The number of carbonyl (C=O) groups is 1. The van der Waals surface area contributed by atoms with E-state index in [-0.39, 0.29) is 18.1 Å². The third-order valence-corrected chi connectivity index (χ3v) is 4.85. The molecule has 0 radical (unpaired) electrons. The van der Waals surface area contributed by atoms with Crippen LogP contribution in [0.1, 0.15) is 37.0 Å². The van der Waals surface area contributed by atoms with Crippen LogP contribution in [0.3, 0.4) is 0 Å². The van der Waals surface area contributed by atoms with Gasteiger partial charge in [0.2, 0.25) is 0 Å². The van der Waals surface area contributed by atoms with Gasteiger partial charge in [-0.05, 0) is 24.3 Å². The van der Waals surface area contributed by atoms with Gasteiger partial charge in [-0.1, -0.05) is 19.4 Å². The smallest absolute Gasteiger partial charge is 0.314 e. The van der Waals surface area contributed by atoms with Gasteiger partial charge in [0.1, 0.15) is 0 Å². The van der Waals surface area contributed by atoms with E-state index >= 15 is 0 Å². The van der Waals surface area contributed by atoms with E-state index in [9.17, 15) is 9.90 Å². The molecule has 1 heterocycles. The number of hydrogen-bond acceptors (Lipinski definition) is 3. The number of amides is 2. The Morgan fingerprint density at radius 1 is 1.53 bits per heavy atom. The summed E-state index contributed by atoms with van der Waals surface area (Å²) in [4.78, 5) is 13.0. The molecule has 1 aromatic heterocycles. The van der Waals surface area contributed by atoms with Crippen LogP contribution >= 0.6 is 11.3 Å². The molecule has 1 saturated carbocycles. The number of nitrogens with one attached hydrogen (secondary N) is 2. The van der Waals surface area contributed by atoms with Crippen molar-refractivity contribution in [2.75, 3.05) is 13.1 Å². The van der Waals surface area contributed by atoms with Gasteiger partial charge >= 0.3 is 6.03 Å². The summed E-state index contributed by atoms with van der Waals surface area (Å²) in [6.45, 7) is 3.31. The SMILES string of the molecule is C[C@H](CNC(=O)NC[C@@H]1CCC[C@@H]1O)c1cccs1. The van der Waals surface area contributed by atoms with Crippen LogP contribution in [0.15, 0.2) is 17.5 Å². The maximum atomic E-state index is 11.7. The minimum atomic E-state index is -0.245. The van der Waals surface area contributed by atoms with Crippen molar-refractivity contribution in [2.24, 2.45) is 5.92 Å². The molecule has 5 heteroatoms. The number of rotatable bonds is 5. The largest absolute Gasteiger partial charge is 0.393 e. The Hall–Kier alpha value is -1.07. The van der Waals surface area contributed by atoms with E-state index in [1.807, 2.05) is 11.4 Å². The van der Waals surface area contributed by atoms with Crippen molar-refractivity contribution in [3.8, 4) is 0 Å². The zero-order valence-electron chi connectivity index (χ0n) is 11.3. The lowest BCUT2D eigenvalue weighted by molar-refractivity contribution is 0.132. The Labute approximate surface area is 118 Å². The first-order chi connectivity index (χ1) is 9.16. The summed E-state index contributed by atoms with van der Waals surface area (Å²) in [6.07, 6.45) is 2.69. The fourth-order valence-electron chi connectivity index (χ4n) is 2.46. The predicted octanol–water partition coefficient (Wildman–Crippen LogP) is 2.31. The Morgan fingerprint density at radius 3 is 3.00 bits per heavy atom. The van der Waals surface area contributed by atoms with Crippen LogP contribution < -0.4 is 10.6 Å². The second-order valence-electron chi connectivity index (χ2n) is 5.27. The molecule has 3 atom stereocenters. The summed E-state index contributed by atoms with van der Waals surface area (Å²) < 4.78 is 0. The molecule has 19 heavy (non-hydrogen) atoms. The molecule has 2 rings (SSSR count). The summed E-state index contributed by atoms with van der Waals surface area (Å²) in [6, 6.07) is 3.98. The van der Waals surface area contributed by atoms with Gasteiger partial charge < -0.3 is 15.7 Å². The summed E-state index contributed by atoms with van der Waals surface area (Å²) in [5, 5.41) is 17.5. The van der Waals surface area contributed by atoms with Gasteiger partial charge in [0.05, 0.1) is 6.10 Å². The number of aliphatic hydroxyl groups is 1. The monoisotopic (exact) mass is 282 g/mol.